The number of hydrogen-bond donors (Lipinski definition) is 1. The molecule has 0 radical (unpaired) electrons. The smallest absolute Gasteiger partial charge is 0.226 e. The van der Waals surface area contributed by atoms with E-state index in [-0.39, 0.29) is 24.2 Å². The standard InChI is InChI=1S/C21H21FN2O2/c1-15-8-9-17(13-19(15)22)23-21(25)14-20(24-10-3-4-11-24)16-6-5-7-18(12-16)26-2/h3-13,20H,14H2,1-2H3,(H,23,25)/t20-/m0/s1. The minimum absolute atomic E-state index is 0.185. The first-order valence-corrected chi connectivity index (χ1v) is 8.39. The highest BCUT2D eigenvalue weighted by molar-refractivity contribution is 5.91. The molecule has 2 aromatic carbocycles. The molecule has 0 aliphatic rings. The maximum Gasteiger partial charge on any atom is 0.226 e. The molecule has 1 aromatic heterocycles. The fourth-order valence-corrected chi connectivity index (χ4v) is 2.86. The van der Waals surface area contributed by atoms with Crippen LogP contribution in [0.1, 0.15) is 23.6 Å². The molecule has 3 rings (SSSR count). The van der Waals surface area contributed by atoms with Gasteiger partial charge in [0.1, 0.15) is 11.6 Å². The summed E-state index contributed by atoms with van der Waals surface area (Å²) in [6.07, 6.45) is 4.06. The van der Waals surface area contributed by atoms with Crippen molar-refractivity contribution in [1.29, 1.82) is 0 Å². The van der Waals surface area contributed by atoms with Crippen LogP contribution < -0.4 is 10.1 Å². The predicted octanol–water partition coefficient (Wildman–Crippen LogP) is 4.56. The summed E-state index contributed by atoms with van der Waals surface area (Å²) in [6, 6.07) is 16.0. The number of nitrogens with one attached hydrogen (secondary N) is 1. The van der Waals surface area contributed by atoms with Gasteiger partial charge in [-0.05, 0) is 54.4 Å². The summed E-state index contributed by atoms with van der Waals surface area (Å²) in [5, 5.41) is 2.78. The van der Waals surface area contributed by atoms with E-state index in [1.807, 2.05) is 53.4 Å². The van der Waals surface area contributed by atoms with E-state index in [1.54, 1.807) is 26.2 Å². The maximum atomic E-state index is 13.7. The molecular weight excluding hydrogens is 331 g/mol. The van der Waals surface area contributed by atoms with Crippen LogP contribution in [0.15, 0.2) is 67.0 Å². The van der Waals surface area contributed by atoms with Gasteiger partial charge in [-0.25, -0.2) is 4.39 Å². The zero-order valence-corrected chi connectivity index (χ0v) is 14.8. The van der Waals surface area contributed by atoms with Gasteiger partial charge in [-0.15, -0.1) is 0 Å². The van der Waals surface area contributed by atoms with Gasteiger partial charge < -0.3 is 14.6 Å². The fraction of sp³-hybridized carbons (Fsp3) is 0.190. The number of halogens is 1. The van der Waals surface area contributed by atoms with Gasteiger partial charge in [-0.1, -0.05) is 18.2 Å². The molecule has 0 fully saturated rings. The number of rotatable bonds is 6. The average molecular weight is 352 g/mol. The fourth-order valence-electron chi connectivity index (χ4n) is 2.86. The van der Waals surface area contributed by atoms with Gasteiger partial charge in [0.05, 0.1) is 19.6 Å². The molecule has 5 heteroatoms. The average Bonchev–Trinajstić information content (AvgIpc) is 3.17. The van der Waals surface area contributed by atoms with Crippen LogP contribution in [0.3, 0.4) is 0 Å². The number of amides is 1. The number of benzene rings is 2. The van der Waals surface area contributed by atoms with E-state index in [9.17, 15) is 9.18 Å². The van der Waals surface area contributed by atoms with Crippen molar-refractivity contribution in [1.82, 2.24) is 4.57 Å². The van der Waals surface area contributed by atoms with Crippen LogP contribution in [0.4, 0.5) is 10.1 Å². The molecule has 0 aliphatic carbocycles. The third-order valence-corrected chi connectivity index (χ3v) is 4.30. The van der Waals surface area contributed by atoms with Crippen LogP contribution in [0, 0.1) is 12.7 Å². The number of carbonyl (C=O) groups excluding carboxylic acids is 1. The maximum absolute atomic E-state index is 13.7. The molecule has 1 heterocycles. The lowest BCUT2D eigenvalue weighted by atomic mass is 10.0. The van der Waals surface area contributed by atoms with Crippen molar-refractivity contribution >= 4 is 11.6 Å². The summed E-state index contributed by atoms with van der Waals surface area (Å²) in [5.41, 5.74) is 1.96. The highest BCUT2D eigenvalue weighted by atomic mass is 19.1. The lowest BCUT2D eigenvalue weighted by Gasteiger charge is -2.20. The van der Waals surface area contributed by atoms with E-state index in [0.29, 0.717) is 11.3 Å². The summed E-state index contributed by atoms with van der Waals surface area (Å²) in [7, 11) is 1.61. The molecular formula is C21H21FN2O2. The Hall–Kier alpha value is -3.08. The normalized spacial score (nSPS) is 11.8. The van der Waals surface area contributed by atoms with E-state index < -0.39 is 0 Å². The highest BCUT2D eigenvalue weighted by Crippen LogP contribution is 2.26. The molecule has 1 N–H and O–H groups in total. The Kier molecular flexibility index (Phi) is 5.37. The van der Waals surface area contributed by atoms with Gasteiger partial charge in [-0.2, -0.15) is 0 Å². The topological polar surface area (TPSA) is 43.3 Å². The van der Waals surface area contributed by atoms with Crippen LogP contribution >= 0.6 is 0 Å². The summed E-state index contributed by atoms with van der Waals surface area (Å²) in [5.74, 6) is 0.216. The zero-order chi connectivity index (χ0) is 18.5. The van der Waals surface area contributed by atoms with Gasteiger partial charge in [0.2, 0.25) is 5.91 Å². The van der Waals surface area contributed by atoms with Crippen molar-refractivity contribution in [2.24, 2.45) is 0 Å². The first kappa shape index (κ1) is 17.7. The largest absolute Gasteiger partial charge is 0.497 e. The minimum Gasteiger partial charge on any atom is -0.497 e. The summed E-state index contributed by atoms with van der Waals surface area (Å²) in [4.78, 5) is 12.6. The van der Waals surface area contributed by atoms with Gasteiger partial charge in [0, 0.05) is 18.1 Å². The Bertz CT molecular complexity index is 891. The van der Waals surface area contributed by atoms with Crippen molar-refractivity contribution in [3.63, 3.8) is 0 Å². The molecule has 0 bridgehead atoms. The van der Waals surface area contributed by atoms with Crippen LogP contribution in [0.5, 0.6) is 5.75 Å². The Morgan fingerprint density at radius 1 is 1.15 bits per heavy atom. The molecule has 0 saturated heterocycles. The molecule has 0 unspecified atom stereocenters. The Morgan fingerprint density at radius 2 is 1.92 bits per heavy atom. The number of aromatic nitrogens is 1. The highest BCUT2D eigenvalue weighted by Gasteiger charge is 2.18. The van der Waals surface area contributed by atoms with E-state index >= 15 is 0 Å². The number of anilines is 1. The number of carbonyl (C=O) groups is 1. The lowest BCUT2D eigenvalue weighted by Crippen LogP contribution is -2.19. The second-order valence-electron chi connectivity index (χ2n) is 6.14. The molecule has 134 valence electrons. The molecule has 3 aromatic rings. The molecule has 1 amide bonds. The summed E-state index contributed by atoms with van der Waals surface area (Å²) in [6.45, 7) is 1.69. The van der Waals surface area contributed by atoms with Gasteiger partial charge in [-0.3, -0.25) is 4.79 Å². The molecule has 1 atom stereocenters. The number of methoxy groups -OCH3 is 1. The van der Waals surface area contributed by atoms with Crippen LogP contribution in [0.25, 0.3) is 0 Å². The van der Waals surface area contributed by atoms with E-state index in [4.69, 9.17) is 4.74 Å². The van der Waals surface area contributed by atoms with Crippen molar-refractivity contribution in [3.05, 3.63) is 83.9 Å². The zero-order valence-electron chi connectivity index (χ0n) is 14.8. The first-order chi connectivity index (χ1) is 12.6. The summed E-state index contributed by atoms with van der Waals surface area (Å²) < 4.78 is 21.0. The summed E-state index contributed by atoms with van der Waals surface area (Å²) >= 11 is 0. The third-order valence-electron chi connectivity index (χ3n) is 4.30. The van der Waals surface area contributed by atoms with E-state index in [2.05, 4.69) is 5.32 Å². The molecule has 0 spiro atoms. The lowest BCUT2D eigenvalue weighted by molar-refractivity contribution is -0.116. The Morgan fingerprint density at radius 3 is 2.62 bits per heavy atom. The predicted molar refractivity (Wildman–Crippen MR) is 99.9 cm³/mol. The first-order valence-electron chi connectivity index (χ1n) is 8.39. The van der Waals surface area contributed by atoms with Gasteiger partial charge in [0.25, 0.3) is 0 Å². The Balaban J connectivity index is 1.81. The van der Waals surface area contributed by atoms with Crippen LogP contribution in [0.2, 0.25) is 0 Å². The molecule has 4 nitrogen and oxygen atoms in total. The van der Waals surface area contributed by atoms with Crippen molar-refractivity contribution in [2.75, 3.05) is 12.4 Å². The minimum atomic E-state index is -0.336. The number of nitrogens with zero attached hydrogens (tertiary/aromatic N) is 1. The van der Waals surface area contributed by atoms with E-state index in [0.717, 1.165) is 11.3 Å². The van der Waals surface area contributed by atoms with Crippen LogP contribution in [-0.2, 0) is 4.79 Å². The van der Waals surface area contributed by atoms with Crippen molar-refractivity contribution in [2.45, 2.75) is 19.4 Å². The van der Waals surface area contributed by atoms with Crippen LogP contribution in [-0.4, -0.2) is 17.6 Å². The van der Waals surface area contributed by atoms with Crippen molar-refractivity contribution < 1.29 is 13.9 Å². The second-order valence-corrected chi connectivity index (χ2v) is 6.14. The molecule has 0 aliphatic heterocycles. The number of hydrogen-bond acceptors (Lipinski definition) is 2. The van der Waals surface area contributed by atoms with Gasteiger partial charge >= 0.3 is 0 Å². The number of aryl methyl sites for hydroxylation is 1. The quantitative estimate of drug-likeness (QED) is 0.707. The Labute approximate surface area is 152 Å². The molecule has 0 saturated carbocycles. The SMILES string of the molecule is COc1cccc([C@H](CC(=O)Nc2ccc(C)c(F)c2)n2cccc2)c1. The van der Waals surface area contributed by atoms with Crippen molar-refractivity contribution in [3.8, 4) is 5.75 Å². The second kappa shape index (κ2) is 7.87. The van der Waals surface area contributed by atoms with E-state index in [1.165, 1.54) is 6.07 Å². The third kappa shape index (κ3) is 4.11. The number of ether oxygens (including phenoxy) is 1. The monoisotopic (exact) mass is 352 g/mol. The molecule has 26 heavy (non-hydrogen) atoms. The van der Waals surface area contributed by atoms with Gasteiger partial charge in [0.15, 0.2) is 0 Å².